The Morgan fingerprint density at radius 3 is 2.80 bits per heavy atom. The van der Waals surface area contributed by atoms with Crippen LogP contribution in [-0.2, 0) is 7.05 Å². The summed E-state index contributed by atoms with van der Waals surface area (Å²) in [4.78, 5) is 16.5. The maximum atomic E-state index is 12.0. The number of carbonyl (C=O) groups excluding carboxylic acids is 1. The van der Waals surface area contributed by atoms with Gasteiger partial charge in [-0.3, -0.25) is 4.79 Å². The molecule has 3 aromatic rings. The Morgan fingerprint density at radius 1 is 1.30 bits per heavy atom. The Bertz CT molecular complexity index is 744. The van der Waals surface area contributed by atoms with Crippen LogP contribution >= 0.6 is 0 Å². The molecule has 1 aromatic carbocycles. The van der Waals surface area contributed by atoms with Crippen LogP contribution in [0.5, 0.6) is 0 Å². The minimum absolute atomic E-state index is 0.204. The lowest BCUT2D eigenvalue weighted by molar-refractivity contribution is 0.0910. The molecule has 1 atom stereocenters. The van der Waals surface area contributed by atoms with Crippen molar-refractivity contribution in [2.45, 2.75) is 13.0 Å². The molecule has 0 fully saturated rings. The van der Waals surface area contributed by atoms with Gasteiger partial charge in [-0.1, -0.05) is 12.1 Å². The normalized spacial score (nSPS) is 12.5. The van der Waals surface area contributed by atoms with Gasteiger partial charge in [-0.25, -0.2) is 4.98 Å². The number of para-hydroxylation sites is 2. The fourth-order valence-corrected chi connectivity index (χ4v) is 2.29. The zero-order valence-corrected chi connectivity index (χ0v) is 11.3. The third kappa shape index (κ3) is 2.07. The van der Waals surface area contributed by atoms with E-state index in [1.165, 1.54) is 6.26 Å². The first-order chi connectivity index (χ1) is 9.66. The topological polar surface area (TPSA) is 60.1 Å². The molecule has 2 aromatic heterocycles. The van der Waals surface area contributed by atoms with Crippen molar-refractivity contribution in [3.05, 3.63) is 54.2 Å². The number of amides is 1. The number of aryl methyl sites for hydroxylation is 1. The lowest BCUT2D eigenvalue weighted by atomic mass is 10.3. The van der Waals surface area contributed by atoms with E-state index in [4.69, 9.17) is 4.42 Å². The summed E-state index contributed by atoms with van der Waals surface area (Å²) in [6, 6.07) is 11.0. The van der Waals surface area contributed by atoms with Crippen molar-refractivity contribution < 1.29 is 9.21 Å². The monoisotopic (exact) mass is 269 g/mol. The predicted octanol–water partition coefficient (Wildman–Crippen LogP) is 2.66. The van der Waals surface area contributed by atoms with Gasteiger partial charge in [-0.2, -0.15) is 0 Å². The van der Waals surface area contributed by atoms with Gasteiger partial charge >= 0.3 is 0 Å². The van der Waals surface area contributed by atoms with E-state index in [2.05, 4.69) is 10.3 Å². The number of aromatic nitrogens is 2. The van der Waals surface area contributed by atoms with Crippen LogP contribution in [0, 0.1) is 0 Å². The van der Waals surface area contributed by atoms with Gasteiger partial charge in [-0.15, -0.1) is 0 Å². The summed E-state index contributed by atoms with van der Waals surface area (Å²) in [5.74, 6) is 0.872. The summed E-state index contributed by atoms with van der Waals surface area (Å²) in [6.07, 6.45) is 1.48. The highest BCUT2D eigenvalue weighted by Crippen LogP contribution is 2.19. The van der Waals surface area contributed by atoms with Gasteiger partial charge in [0.05, 0.1) is 23.3 Å². The molecule has 0 aliphatic rings. The molecule has 1 amide bonds. The van der Waals surface area contributed by atoms with Crippen LogP contribution in [-0.4, -0.2) is 15.5 Å². The van der Waals surface area contributed by atoms with Crippen LogP contribution < -0.4 is 5.32 Å². The standard InChI is InChI=1S/C15H15N3O2/c1-10(16-15(19)13-8-5-9-20-13)14-17-11-6-3-4-7-12(11)18(14)2/h3-10H,1-2H3,(H,16,19)/t10-/m1/s1. The summed E-state index contributed by atoms with van der Waals surface area (Å²) < 4.78 is 7.07. The average molecular weight is 269 g/mol. The van der Waals surface area contributed by atoms with E-state index in [0.29, 0.717) is 5.76 Å². The fraction of sp³-hybridized carbons (Fsp3) is 0.200. The molecule has 0 saturated heterocycles. The highest BCUT2D eigenvalue weighted by Gasteiger charge is 2.18. The number of nitrogens with zero attached hydrogens (tertiary/aromatic N) is 2. The Kier molecular flexibility index (Phi) is 3.02. The second kappa shape index (κ2) is 4.85. The molecule has 102 valence electrons. The van der Waals surface area contributed by atoms with Gasteiger partial charge in [0.15, 0.2) is 5.76 Å². The molecule has 2 heterocycles. The molecule has 0 aliphatic carbocycles. The van der Waals surface area contributed by atoms with Crippen molar-refractivity contribution >= 4 is 16.9 Å². The lowest BCUT2D eigenvalue weighted by Gasteiger charge is -2.12. The van der Waals surface area contributed by atoms with Crippen LogP contribution in [0.3, 0.4) is 0 Å². The highest BCUT2D eigenvalue weighted by molar-refractivity contribution is 5.91. The molecule has 0 spiro atoms. The summed E-state index contributed by atoms with van der Waals surface area (Å²) in [5.41, 5.74) is 1.96. The van der Waals surface area contributed by atoms with Crippen molar-refractivity contribution in [1.82, 2.24) is 14.9 Å². The number of furan rings is 1. The number of hydrogen-bond donors (Lipinski definition) is 1. The molecule has 0 saturated carbocycles. The molecule has 0 bridgehead atoms. The zero-order chi connectivity index (χ0) is 14.1. The molecule has 3 rings (SSSR count). The van der Waals surface area contributed by atoms with Crippen LogP contribution in [0.2, 0.25) is 0 Å². The van der Waals surface area contributed by atoms with E-state index < -0.39 is 0 Å². The first-order valence-corrected chi connectivity index (χ1v) is 6.42. The SMILES string of the molecule is C[C@@H](NC(=O)c1ccco1)c1nc2ccccc2n1C. The van der Waals surface area contributed by atoms with Gasteiger partial charge in [-0.05, 0) is 31.2 Å². The second-order valence-electron chi connectivity index (χ2n) is 4.69. The largest absolute Gasteiger partial charge is 0.459 e. The number of nitrogens with one attached hydrogen (secondary N) is 1. The predicted molar refractivity (Wildman–Crippen MR) is 75.3 cm³/mol. The quantitative estimate of drug-likeness (QED) is 0.795. The third-order valence-corrected chi connectivity index (χ3v) is 3.30. The van der Waals surface area contributed by atoms with E-state index in [-0.39, 0.29) is 11.9 Å². The smallest absolute Gasteiger partial charge is 0.287 e. The fourth-order valence-electron chi connectivity index (χ4n) is 2.29. The van der Waals surface area contributed by atoms with Crippen molar-refractivity contribution in [3.8, 4) is 0 Å². The van der Waals surface area contributed by atoms with Crippen molar-refractivity contribution in [1.29, 1.82) is 0 Å². The number of imidazole rings is 1. The molecule has 20 heavy (non-hydrogen) atoms. The van der Waals surface area contributed by atoms with Crippen molar-refractivity contribution in [2.75, 3.05) is 0 Å². The summed E-state index contributed by atoms with van der Waals surface area (Å²) in [6.45, 7) is 1.90. The highest BCUT2D eigenvalue weighted by atomic mass is 16.3. The molecule has 1 N–H and O–H groups in total. The lowest BCUT2D eigenvalue weighted by Crippen LogP contribution is -2.28. The van der Waals surface area contributed by atoms with Gasteiger partial charge in [0.2, 0.25) is 0 Å². The third-order valence-electron chi connectivity index (χ3n) is 3.30. The van der Waals surface area contributed by atoms with Gasteiger partial charge < -0.3 is 14.3 Å². The van der Waals surface area contributed by atoms with E-state index in [0.717, 1.165) is 16.9 Å². The minimum Gasteiger partial charge on any atom is -0.459 e. The van der Waals surface area contributed by atoms with Crippen LogP contribution in [0.25, 0.3) is 11.0 Å². The maximum absolute atomic E-state index is 12.0. The first kappa shape index (κ1) is 12.5. The number of carbonyl (C=O) groups is 1. The summed E-state index contributed by atoms with van der Waals surface area (Å²) >= 11 is 0. The van der Waals surface area contributed by atoms with Gasteiger partial charge in [0.1, 0.15) is 5.82 Å². The number of fused-ring (bicyclic) bond motifs is 1. The maximum Gasteiger partial charge on any atom is 0.287 e. The molecule has 0 radical (unpaired) electrons. The second-order valence-corrected chi connectivity index (χ2v) is 4.69. The molecular formula is C15H15N3O2. The summed E-state index contributed by atoms with van der Waals surface area (Å²) in [7, 11) is 1.94. The van der Waals surface area contributed by atoms with E-state index in [1.807, 2.05) is 42.8 Å². The van der Waals surface area contributed by atoms with Crippen molar-refractivity contribution in [2.24, 2.45) is 7.05 Å². The van der Waals surface area contributed by atoms with Crippen molar-refractivity contribution in [3.63, 3.8) is 0 Å². The molecular weight excluding hydrogens is 254 g/mol. The Labute approximate surface area is 116 Å². The first-order valence-electron chi connectivity index (χ1n) is 6.42. The Balaban J connectivity index is 1.87. The molecule has 5 nitrogen and oxygen atoms in total. The molecule has 0 aliphatic heterocycles. The van der Waals surface area contributed by atoms with Gasteiger partial charge in [0, 0.05) is 7.05 Å². The van der Waals surface area contributed by atoms with E-state index in [1.54, 1.807) is 12.1 Å². The van der Waals surface area contributed by atoms with Crippen LogP contribution in [0.1, 0.15) is 29.3 Å². The summed E-state index contributed by atoms with van der Waals surface area (Å²) in [5, 5.41) is 2.88. The van der Waals surface area contributed by atoms with E-state index in [9.17, 15) is 4.79 Å². The molecule has 0 unspecified atom stereocenters. The van der Waals surface area contributed by atoms with Crippen LogP contribution in [0.15, 0.2) is 47.1 Å². The Morgan fingerprint density at radius 2 is 2.10 bits per heavy atom. The number of rotatable bonds is 3. The zero-order valence-electron chi connectivity index (χ0n) is 11.3. The Hall–Kier alpha value is -2.56. The number of benzene rings is 1. The van der Waals surface area contributed by atoms with Crippen LogP contribution in [0.4, 0.5) is 0 Å². The molecule has 5 heteroatoms. The van der Waals surface area contributed by atoms with Gasteiger partial charge in [0.25, 0.3) is 5.91 Å². The minimum atomic E-state index is -0.241. The number of hydrogen-bond acceptors (Lipinski definition) is 3. The average Bonchev–Trinajstić information content (AvgIpc) is 3.07. The van der Waals surface area contributed by atoms with E-state index >= 15 is 0 Å².